The van der Waals surface area contributed by atoms with Gasteiger partial charge in [0, 0.05) is 22.7 Å². The van der Waals surface area contributed by atoms with Crippen LogP contribution in [0, 0.1) is 12.8 Å². The first kappa shape index (κ1) is 37.7. The molecule has 0 unspecified atom stereocenters. The minimum Gasteiger partial charge on any atom is -0.489 e. The largest absolute Gasteiger partial charge is 0.490 e. The van der Waals surface area contributed by atoms with Crippen molar-refractivity contribution in [2.75, 3.05) is 12.3 Å². The maximum Gasteiger partial charge on any atom is 0.490 e. The van der Waals surface area contributed by atoms with E-state index >= 15 is 0 Å². The van der Waals surface area contributed by atoms with E-state index in [9.17, 15) is 39.6 Å². The number of carboxylic acids is 2. The minimum atomic E-state index is -5.08. The zero-order chi connectivity index (χ0) is 34.9. The second-order valence-electron chi connectivity index (χ2n) is 9.52. The van der Waals surface area contributed by atoms with Crippen LogP contribution in [0.5, 0.6) is 5.75 Å². The molecule has 3 aromatic rings. The van der Waals surface area contributed by atoms with Crippen molar-refractivity contribution in [2.45, 2.75) is 43.2 Å². The molecule has 0 saturated carbocycles. The lowest BCUT2D eigenvalue weighted by atomic mass is 10.0. The Balaban J connectivity index is 0.000000440. The smallest absolute Gasteiger partial charge is 0.489 e. The Labute approximate surface area is 256 Å². The van der Waals surface area contributed by atoms with Crippen LogP contribution >= 0.6 is 0 Å². The van der Waals surface area contributed by atoms with Crippen LogP contribution in [0.3, 0.4) is 0 Å². The van der Waals surface area contributed by atoms with Gasteiger partial charge in [0.15, 0.2) is 9.84 Å². The summed E-state index contributed by atoms with van der Waals surface area (Å²) >= 11 is 0. The van der Waals surface area contributed by atoms with E-state index in [1.165, 1.54) is 12.1 Å². The van der Waals surface area contributed by atoms with Gasteiger partial charge in [0.25, 0.3) is 0 Å². The predicted octanol–water partition coefficient (Wildman–Crippen LogP) is 3.65. The van der Waals surface area contributed by atoms with Crippen molar-refractivity contribution in [3.63, 3.8) is 0 Å². The van der Waals surface area contributed by atoms with Crippen LogP contribution in [-0.2, 0) is 30.8 Å². The highest BCUT2D eigenvalue weighted by Gasteiger charge is 2.39. The maximum absolute atomic E-state index is 12.8. The molecular formula is C27H27F6N3O9S. The van der Waals surface area contributed by atoms with E-state index in [1.807, 2.05) is 37.3 Å². The number of fused-ring (bicyclic) bond motifs is 1. The lowest BCUT2D eigenvalue weighted by Gasteiger charge is -2.18. The van der Waals surface area contributed by atoms with Crippen LogP contribution < -0.4 is 15.5 Å². The van der Waals surface area contributed by atoms with E-state index in [1.54, 1.807) is 17.6 Å². The number of carbonyl (C=O) groups excluding carboxylic acids is 1. The number of aliphatic carboxylic acids is 2. The van der Waals surface area contributed by atoms with Gasteiger partial charge in [0.05, 0.1) is 22.1 Å². The summed E-state index contributed by atoms with van der Waals surface area (Å²) in [6.07, 6.45) is -9.69. The first-order valence-corrected chi connectivity index (χ1v) is 14.5. The number of nitrogens with zero attached hydrogens (tertiary/aromatic N) is 1. The number of benzene rings is 2. The van der Waals surface area contributed by atoms with Gasteiger partial charge in [-0.3, -0.25) is 15.0 Å². The number of para-hydroxylation sites is 1. The number of hydrogen-bond donors (Lipinski definition) is 5. The van der Waals surface area contributed by atoms with Crippen molar-refractivity contribution >= 4 is 38.6 Å². The summed E-state index contributed by atoms with van der Waals surface area (Å²) < 4.78 is 95.1. The van der Waals surface area contributed by atoms with E-state index < -0.39 is 52.0 Å². The van der Waals surface area contributed by atoms with Crippen LogP contribution in [-0.4, -0.2) is 77.4 Å². The number of carboxylic acid groups (broad SMARTS) is 2. The summed E-state index contributed by atoms with van der Waals surface area (Å²) in [5.41, 5.74) is 4.43. The molecule has 252 valence electrons. The molecule has 19 heteroatoms. The van der Waals surface area contributed by atoms with Gasteiger partial charge in [0.2, 0.25) is 5.91 Å². The van der Waals surface area contributed by atoms with Crippen molar-refractivity contribution < 1.29 is 69.3 Å². The number of hydroxylamine groups is 1. The van der Waals surface area contributed by atoms with E-state index in [-0.39, 0.29) is 10.6 Å². The number of pyridine rings is 1. The average Bonchev–Trinajstić information content (AvgIpc) is 3.42. The van der Waals surface area contributed by atoms with E-state index in [0.717, 1.165) is 22.2 Å². The molecule has 0 aliphatic carbocycles. The molecule has 0 radical (unpaired) electrons. The summed E-state index contributed by atoms with van der Waals surface area (Å²) in [4.78, 5) is 34.2. The Morgan fingerprint density at radius 2 is 1.52 bits per heavy atom. The molecule has 1 saturated heterocycles. The standard InChI is InChI=1S/C23H25N3O5S.2C2HF3O2/c1-15-12-16(19-4-2-3-5-21(19)25-15)13-31-17-6-8-18(9-7-17)32(29,30)14-22-20(10-11-24-22)23(27)26-28;2*3-2(4,5)1(6)7/h2-9,12,20,22,24,28H,10-11,13-14H2,1H3,(H,26,27);2*(H,6,7)/t20-,22-;;/m0../s1. The molecule has 2 atom stereocenters. The monoisotopic (exact) mass is 683 g/mol. The number of aryl methyl sites for hydroxylation is 1. The SMILES string of the molecule is Cc1cc(COc2ccc(S(=O)(=O)C[C@@H]3NCC[C@@H]3C(=O)NO)cc2)c2ccccc2n1.O=C(O)C(F)(F)F.O=C(O)C(F)(F)F. The third kappa shape index (κ3) is 11.1. The third-order valence-electron chi connectivity index (χ3n) is 6.19. The Kier molecular flexibility index (Phi) is 12.8. The molecular weight excluding hydrogens is 656 g/mol. The second kappa shape index (κ2) is 15.7. The molecule has 1 aromatic heterocycles. The van der Waals surface area contributed by atoms with Crippen molar-refractivity contribution in [3.8, 4) is 5.75 Å². The van der Waals surface area contributed by atoms with E-state index in [0.29, 0.717) is 25.3 Å². The summed E-state index contributed by atoms with van der Waals surface area (Å²) in [5.74, 6) is -6.35. The second-order valence-corrected chi connectivity index (χ2v) is 11.6. The summed E-state index contributed by atoms with van der Waals surface area (Å²) in [6.45, 7) is 2.79. The number of carbonyl (C=O) groups is 3. The number of hydrogen-bond acceptors (Lipinski definition) is 9. The molecule has 1 aliphatic rings. The molecule has 2 aromatic carbocycles. The molecule has 12 nitrogen and oxygen atoms in total. The van der Waals surface area contributed by atoms with Crippen LogP contribution in [0.15, 0.2) is 59.5 Å². The topological polar surface area (TPSA) is 192 Å². The number of amides is 1. The quantitative estimate of drug-likeness (QED) is 0.139. The number of alkyl halides is 6. The van der Waals surface area contributed by atoms with Crippen LogP contribution in [0.2, 0.25) is 0 Å². The molecule has 46 heavy (non-hydrogen) atoms. The Bertz CT molecular complexity index is 1610. The number of aromatic nitrogens is 1. The molecule has 1 fully saturated rings. The number of sulfone groups is 1. The Morgan fingerprint density at radius 1 is 0.978 bits per heavy atom. The number of ether oxygens (including phenoxy) is 1. The van der Waals surface area contributed by atoms with Crippen molar-refractivity contribution in [1.29, 1.82) is 0 Å². The minimum absolute atomic E-state index is 0.159. The van der Waals surface area contributed by atoms with Crippen molar-refractivity contribution in [1.82, 2.24) is 15.8 Å². The van der Waals surface area contributed by atoms with Gasteiger partial charge < -0.3 is 20.3 Å². The van der Waals surface area contributed by atoms with Gasteiger partial charge in [-0.05, 0) is 56.3 Å². The molecule has 4 rings (SSSR count). The van der Waals surface area contributed by atoms with Gasteiger partial charge in [-0.1, -0.05) is 18.2 Å². The fourth-order valence-electron chi connectivity index (χ4n) is 4.09. The highest BCUT2D eigenvalue weighted by molar-refractivity contribution is 7.91. The van der Waals surface area contributed by atoms with Gasteiger partial charge in [-0.15, -0.1) is 0 Å². The molecule has 5 N–H and O–H groups in total. The van der Waals surface area contributed by atoms with Gasteiger partial charge in [-0.2, -0.15) is 26.3 Å². The highest BCUT2D eigenvalue weighted by Crippen LogP contribution is 2.24. The van der Waals surface area contributed by atoms with Crippen LogP contribution in [0.1, 0.15) is 17.7 Å². The van der Waals surface area contributed by atoms with Crippen LogP contribution in [0.4, 0.5) is 26.3 Å². The fraction of sp³-hybridized carbons (Fsp3) is 0.333. The fourth-order valence-corrected chi connectivity index (χ4v) is 5.66. The number of rotatable bonds is 7. The predicted molar refractivity (Wildman–Crippen MR) is 147 cm³/mol. The highest BCUT2D eigenvalue weighted by atomic mass is 32.2. The van der Waals surface area contributed by atoms with E-state index in [4.69, 9.17) is 29.7 Å². The van der Waals surface area contributed by atoms with Gasteiger partial charge in [0.1, 0.15) is 12.4 Å². The zero-order valence-corrected chi connectivity index (χ0v) is 24.4. The Hall–Kier alpha value is -4.49. The number of halogens is 6. The molecule has 0 spiro atoms. The first-order valence-electron chi connectivity index (χ1n) is 12.8. The normalized spacial score (nSPS) is 16.3. The maximum atomic E-state index is 12.8. The molecule has 2 heterocycles. The summed E-state index contributed by atoms with van der Waals surface area (Å²) in [5, 5.41) is 27.2. The Morgan fingerprint density at radius 3 is 2.04 bits per heavy atom. The van der Waals surface area contributed by atoms with Crippen molar-refractivity contribution in [3.05, 3.63) is 65.9 Å². The molecule has 1 aliphatic heterocycles. The lowest BCUT2D eigenvalue weighted by molar-refractivity contribution is -0.193. The molecule has 1 amide bonds. The first-order chi connectivity index (χ1) is 21.3. The lowest BCUT2D eigenvalue weighted by Crippen LogP contribution is -2.41. The van der Waals surface area contributed by atoms with Gasteiger partial charge in [-0.25, -0.2) is 23.5 Å². The van der Waals surface area contributed by atoms with E-state index in [2.05, 4.69) is 10.3 Å². The average molecular weight is 684 g/mol. The third-order valence-corrected chi connectivity index (χ3v) is 7.97. The molecule has 0 bridgehead atoms. The zero-order valence-electron chi connectivity index (χ0n) is 23.6. The van der Waals surface area contributed by atoms with Crippen LogP contribution in [0.25, 0.3) is 10.9 Å². The number of nitrogens with one attached hydrogen (secondary N) is 2. The van der Waals surface area contributed by atoms with Crippen molar-refractivity contribution in [2.24, 2.45) is 5.92 Å². The van der Waals surface area contributed by atoms with Gasteiger partial charge >= 0.3 is 24.3 Å². The summed E-state index contributed by atoms with van der Waals surface area (Å²) in [7, 11) is -3.62. The summed E-state index contributed by atoms with van der Waals surface area (Å²) in [6, 6.07) is 15.6.